The van der Waals surface area contributed by atoms with E-state index in [1.165, 1.54) is 17.0 Å². The molecule has 1 aromatic carbocycles. The van der Waals surface area contributed by atoms with E-state index in [1.54, 1.807) is 16.2 Å². The summed E-state index contributed by atoms with van der Waals surface area (Å²) < 4.78 is 47.7. The summed E-state index contributed by atoms with van der Waals surface area (Å²) in [5.41, 5.74) is 1.48. The van der Waals surface area contributed by atoms with Gasteiger partial charge in [0.15, 0.2) is 0 Å². The normalized spacial score (nSPS) is 14.5. The fourth-order valence-corrected chi connectivity index (χ4v) is 4.07. The van der Waals surface area contributed by atoms with E-state index in [-0.39, 0.29) is 6.03 Å². The SMILES string of the molecule is O=C(Nc1ccc(S(=O)(=O)C(F)F)cc1)N1CCc2sccc2C1. The highest BCUT2D eigenvalue weighted by Crippen LogP contribution is 2.25. The Balaban J connectivity index is 1.67. The Bertz CT molecular complexity index is 848. The molecule has 1 aliphatic heterocycles. The Morgan fingerprint density at radius 1 is 1.21 bits per heavy atom. The number of hydrogen-bond donors (Lipinski definition) is 1. The molecule has 3 rings (SSSR count). The predicted molar refractivity (Wildman–Crippen MR) is 87.1 cm³/mol. The number of halogens is 2. The zero-order valence-corrected chi connectivity index (χ0v) is 14.0. The number of alkyl halides is 2. The molecule has 1 N–H and O–H groups in total. The van der Waals surface area contributed by atoms with Gasteiger partial charge in [0.05, 0.1) is 4.90 Å². The molecule has 128 valence electrons. The van der Waals surface area contributed by atoms with Gasteiger partial charge in [-0.3, -0.25) is 0 Å². The molecule has 0 saturated heterocycles. The maximum atomic E-state index is 12.5. The molecule has 0 atom stereocenters. The molecule has 0 unspecified atom stereocenters. The van der Waals surface area contributed by atoms with Crippen LogP contribution in [0, 0.1) is 0 Å². The van der Waals surface area contributed by atoms with Gasteiger partial charge in [-0.1, -0.05) is 0 Å². The summed E-state index contributed by atoms with van der Waals surface area (Å²) >= 11 is 1.67. The van der Waals surface area contributed by atoms with E-state index < -0.39 is 20.5 Å². The van der Waals surface area contributed by atoms with Gasteiger partial charge < -0.3 is 10.2 Å². The van der Waals surface area contributed by atoms with Crippen molar-refractivity contribution in [3.8, 4) is 0 Å². The van der Waals surface area contributed by atoms with Crippen LogP contribution in [0.2, 0.25) is 0 Å². The fourth-order valence-electron chi connectivity index (χ4n) is 2.46. The smallest absolute Gasteiger partial charge is 0.320 e. The van der Waals surface area contributed by atoms with E-state index >= 15 is 0 Å². The molecule has 24 heavy (non-hydrogen) atoms. The minimum Gasteiger partial charge on any atom is -0.320 e. The molecule has 9 heteroatoms. The summed E-state index contributed by atoms with van der Waals surface area (Å²) in [5, 5.41) is 4.64. The van der Waals surface area contributed by atoms with Crippen molar-refractivity contribution < 1.29 is 22.0 Å². The molecule has 1 aliphatic rings. The van der Waals surface area contributed by atoms with E-state index in [4.69, 9.17) is 0 Å². The summed E-state index contributed by atoms with van der Waals surface area (Å²) in [6.45, 7) is 1.11. The molecular formula is C15H14F2N2O3S2. The lowest BCUT2D eigenvalue weighted by Crippen LogP contribution is -2.38. The fraction of sp³-hybridized carbons (Fsp3) is 0.267. The number of nitrogens with zero attached hydrogens (tertiary/aromatic N) is 1. The van der Waals surface area contributed by atoms with Gasteiger partial charge in [0.2, 0.25) is 9.84 Å². The van der Waals surface area contributed by atoms with Crippen molar-refractivity contribution in [1.82, 2.24) is 4.90 Å². The van der Waals surface area contributed by atoms with Crippen molar-refractivity contribution in [3.05, 3.63) is 46.2 Å². The summed E-state index contributed by atoms with van der Waals surface area (Å²) in [7, 11) is -4.62. The Morgan fingerprint density at radius 3 is 2.58 bits per heavy atom. The second kappa shape index (κ2) is 6.48. The van der Waals surface area contributed by atoms with Gasteiger partial charge in [-0.2, -0.15) is 8.78 Å². The zero-order valence-electron chi connectivity index (χ0n) is 12.4. The minimum atomic E-state index is -4.62. The molecular weight excluding hydrogens is 358 g/mol. The monoisotopic (exact) mass is 372 g/mol. The van der Waals surface area contributed by atoms with Gasteiger partial charge in [0.25, 0.3) is 0 Å². The maximum Gasteiger partial charge on any atom is 0.341 e. The summed E-state index contributed by atoms with van der Waals surface area (Å²) in [6, 6.07) is 6.40. The molecule has 0 aliphatic carbocycles. The number of sulfone groups is 1. The van der Waals surface area contributed by atoms with Crippen LogP contribution in [-0.2, 0) is 22.8 Å². The Hall–Kier alpha value is -2.00. The van der Waals surface area contributed by atoms with Crippen LogP contribution in [0.5, 0.6) is 0 Å². The third-order valence-corrected chi connectivity index (χ3v) is 6.18. The molecule has 0 saturated carbocycles. The van der Waals surface area contributed by atoms with Gasteiger partial charge in [0.1, 0.15) is 0 Å². The van der Waals surface area contributed by atoms with Gasteiger partial charge in [-0.05, 0) is 47.7 Å². The Labute approximate surface area is 141 Å². The first-order valence-corrected chi connectivity index (χ1v) is 9.54. The first-order chi connectivity index (χ1) is 11.4. The molecule has 5 nitrogen and oxygen atoms in total. The number of thiophene rings is 1. The van der Waals surface area contributed by atoms with Crippen LogP contribution < -0.4 is 5.32 Å². The summed E-state index contributed by atoms with van der Waals surface area (Å²) in [5.74, 6) is -3.47. The van der Waals surface area contributed by atoms with Crippen LogP contribution in [0.1, 0.15) is 10.4 Å². The molecule has 0 radical (unpaired) electrons. The number of urea groups is 1. The second-order valence-electron chi connectivity index (χ2n) is 5.30. The van der Waals surface area contributed by atoms with Gasteiger partial charge >= 0.3 is 11.8 Å². The predicted octanol–water partition coefficient (Wildman–Crippen LogP) is 3.33. The van der Waals surface area contributed by atoms with Crippen molar-refractivity contribution in [3.63, 3.8) is 0 Å². The maximum absolute atomic E-state index is 12.5. The topological polar surface area (TPSA) is 66.5 Å². The minimum absolute atomic E-state index is 0.309. The number of fused-ring (bicyclic) bond motifs is 1. The number of hydrogen-bond acceptors (Lipinski definition) is 4. The van der Waals surface area contributed by atoms with Gasteiger partial charge in [-0.25, -0.2) is 13.2 Å². The summed E-state index contributed by atoms with van der Waals surface area (Å²) in [6.07, 6.45) is 0.798. The van der Waals surface area contributed by atoms with Gasteiger partial charge in [-0.15, -0.1) is 11.3 Å². The van der Waals surface area contributed by atoms with Crippen LogP contribution in [0.4, 0.5) is 19.3 Å². The lowest BCUT2D eigenvalue weighted by atomic mass is 10.1. The molecule has 0 fully saturated rings. The zero-order chi connectivity index (χ0) is 17.3. The van der Waals surface area contributed by atoms with Crippen molar-refractivity contribution in [1.29, 1.82) is 0 Å². The second-order valence-corrected chi connectivity index (χ2v) is 8.22. The Morgan fingerprint density at radius 2 is 1.92 bits per heavy atom. The molecule has 2 heterocycles. The molecule has 2 aromatic rings. The molecule has 0 spiro atoms. The highest BCUT2D eigenvalue weighted by Gasteiger charge is 2.26. The largest absolute Gasteiger partial charge is 0.341 e. The van der Waals surface area contributed by atoms with Crippen molar-refractivity contribution in [2.75, 3.05) is 11.9 Å². The van der Waals surface area contributed by atoms with Crippen LogP contribution in [0.3, 0.4) is 0 Å². The van der Waals surface area contributed by atoms with E-state index in [9.17, 15) is 22.0 Å². The van der Waals surface area contributed by atoms with Crippen LogP contribution in [0.15, 0.2) is 40.6 Å². The average molecular weight is 372 g/mol. The molecule has 0 bridgehead atoms. The van der Waals surface area contributed by atoms with E-state index in [0.717, 1.165) is 24.1 Å². The lowest BCUT2D eigenvalue weighted by molar-refractivity contribution is 0.207. The van der Waals surface area contributed by atoms with Crippen LogP contribution in [0.25, 0.3) is 0 Å². The van der Waals surface area contributed by atoms with E-state index in [1.807, 2.05) is 11.4 Å². The van der Waals surface area contributed by atoms with E-state index in [2.05, 4.69) is 5.32 Å². The summed E-state index contributed by atoms with van der Waals surface area (Å²) in [4.78, 5) is 14.7. The standard InChI is InChI=1S/C15H14F2N2O3S2/c16-14(17)24(21,22)12-3-1-11(2-4-12)18-15(20)19-7-5-13-10(9-19)6-8-23-13/h1-4,6,8,14H,5,7,9H2,(H,18,20). The number of carbonyl (C=O) groups excluding carboxylic acids is 1. The highest BCUT2D eigenvalue weighted by molar-refractivity contribution is 7.91. The number of carbonyl (C=O) groups is 1. The van der Waals surface area contributed by atoms with Crippen LogP contribution in [-0.4, -0.2) is 31.7 Å². The van der Waals surface area contributed by atoms with Crippen molar-refractivity contribution >= 4 is 32.9 Å². The lowest BCUT2D eigenvalue weighted by Gasteiger charge is -2.27. The molecule has 1 aromatic heterocycles. The first-order valence-electron chi connectivity index (χ1n) is 7.11. The van der Waals surface area contributed by atoms with Crippen molar-refractivity contribution in [2.24, 2.45) is 0 Å². The highest BCUT2D eigenvalue weighted by atomic mass is 32.2. The molecule has 2 amide bonds. The van der Waals surface area contributed by atoms with Crippen LogP contribution >= 0.6 is 11.3 Å². The number of benzene rings is 1. The average Bonchev–Trinajstić information content (AvgIpc) is 3.02. The third-order valence-electron chi connectivity index (χ3n) is 3.76. The third kappa shape index (κ3) is 3.27. The number of amides is 2. The number of rotatable bonds is 3. The van der Waals surface area contributed by atoms with Crippen molar-refractivity contribution in [2.45, 2.75) is 23.6 Å². The Kier molecular flexibility index (Phi) is 4.55. The quantitative estimate of drug-likeness (QED) is 0.899. The first kappa shape index (κ1) is 16.8. The van der Waals surface area contributed by atoms with Gasteiger partial charge in [0, 0.05) is 23.7 Å². The number of nitrogens with one attached hydrogen (secondary N) is 1. The number of anilines is 1. The van der Waals surface area contributed by atoms with E-state index in [0.29, 0.717) is 18.8 Å².